The molecule has 1 aromatic carbocycles. The van der Waals surface area contributed by atoms with Gasteiger partial charge in [0.15, 0.2) is 0 Å². The Labute approximate surface area is 112 Å². The molecule has 0 amide bonds. The minimum atomic E-state index is -0.255. The van der Waals surface area contributed by atoms with Crippen molar-refractivity contribution in [2.45, 2.75) is 32.9 Å². The maximum Gasteiger partial charge on any atom is 0.128 e. The third-order valence-corrected chi connectivity index (χ3v) is 3.18. The molecule has 2 aromatic rings. The van der Waals surface area contributed by atoms with Crippen LogP contribution in [0, 0.1) is 12.7 Å². The summed E-state index contributed by atoms with van der Waals surface area (Å²) in [5.41, 5.74) is 5.19. The van der Waals surface area contributed by atoms with Gasteiger partial charge in [-0.15, -0.1) is 0 Å². The molecule has 1 heterocycles. The van der Waals surface area contributed by atoms with Crippen LogP contribution in [0.15, 0.2) is 30.6 Å². The summed E-state index contributed by atoms with van der Waals surface area (Å²) in [6.45, 7) is 4.71. The van der Waals surface area contributed by atoms with Crippen LogP contribution in [0.3, 0.4) is 0 Å². The molecule has 1 atom stereocenters. The van der Waals surface area contributed by atoms with Crippen molar-refractivity contribution < 1.29 is 4.39 Å². The second-order valence-corrected chi connectivity index (χ2v) is 4.65. The van der Waals surface area contributed by atoms with Crippen molar-refractivity contribution in [3.8, 4) is 0 Å². The highest BCUT2D eigenvalue weighted by Crippen LogP contribution is 2.21. The molecule has 3 N–H and O–H groups in total. The predicted octanol–water partition coefficient (Wildman–Crippen LogP) is 2.10. The van der Waals surface area contributed by atoms with Gasteiger partial charge in [0, 0.05) is 18.3 Å². The number of halogens is 1. The quantitative estimate of drug-likeness (QED) is 0.641. The Morgan fingerprint density at radius 2 is 2.26 bits per heavy atom. The molecule has 0 spiro atoms. The van der Waals surface area contributed by atoms with Crippen molar-refractivity contribution in [2.24, 2.45) is 5.84 Å². The fourth-order valence-electron chi connectivity index (χ4n) is 2.09. The van der Waals surface area contributed by atoms with Gasteiger partial charge in [0.05, 0.1) is 12.2 Å². The molecule has 19 heavy (non-hydrogen) atoms. The van der Waals surface area contributed by atoms with E-state index < -0.39 is 0 Å². The molecular weight excluding hydrogens is 243 g/mol. The predicted molar refractivity (Wildman–Crippen MR) is 72.8 cm³/mol. The van der Waals surface area contributed by atoms with Crippen molar-refractivity contribution in [1.82, 2.24) is 15.2 Å². The Morgan fingerprint density at radius 1 is 1.47 bits per heavy atom. The third-order valence-electron chi connectivity index (χ3n) is 3.18. The molecule has 1 aromatic heterocycles. The summed E-state index contributed by atoms with van der Waals surface area (Å²) in [6, 6.07) is 4.93. The van der Waals surface area contributed by atoms with Crippen LogP contribution in [-0.4, -0.2) is 9.78 Å². The lowest BCUT2D eigenvalue weighted by molar-refractivity contribution is 0.510. The fourth-order valence-corrected chi connectivity index (χ4v) is 2.09. The summed E-state index contributed by atoms with van der Waals surface area (Å²) >= 11 is 0. The van der Waals surface area contributed by atoms with E-state index in [1.807, 2.05) is 30.8 Å². The Kier molecular flexibility index (Phi) is 4.29. The lowest BCUT2D eigenvalue weighted by Crippen LogP contribution is -2.30. The minimum Gasteiger partial charge on any atom is -0.273 e. The first-order valence-corrected chi connectivity index (χ1v) is 6.37. The maximum atomic E-state index is 13.9. The van der Waals surface area contributed by atoms with E-state index >= 15 is 0 Å². The fraction of sp³-hybridized carbons (Fsp3) is 0.357. The smallest absolute Gasteiger partial charge is 0.128 e. The number of nitrogens with one attached hydrogen (secondary N) is 1. The molecular formula is C14H19FN4. The highest BCUT2D eigenvalue weighted by atomic mass is 19.1. The molecule has 0 saturated carbocycles. The second-order valence-electron chi connectivity index (χ2n) is 4.65. The van der Waals surface area contributed by atoms with Crippen LogP contribution in [0.1, 0.15) is 29.7 Å². The van der Waals surface area contributed by atoms with Crippen molar-refractivity contribution >= 4 is 0 Å². The van der Waals surface area contributed by atoms with Crippen molar-refractivity contribution in [2.75, 3.05) is 0 Å². The largest absolute Gasteiger partial charge is 0.273 e. The number of benzene rings is 1. The molecule has 0 radical (unpaired) electrons. The van der Waals surface area contributed by atoms with Gasteiger partial charge in [0.25, 0.3) is 0 Å². The number of hydrogen-bond donors (Lipinski definition) is 2. The number of nitrogens with zero attached hydrogens (tertiary/aromatic N) is 2. The number of nitrogens with two attached hydrogens (primary N) is 1. The lowest BCUT2D eigenvalue weighted by Gasteiger charge is -2.16. The van der Waals surface area contributed by atoms with E-state index in [1.165, 1.54) is 6.07 Å². The van der Waals surface area contributed by atoms with Crippen LogP contribution in [0.25, 0.3) is 0 Å². The average molecular weight is 262 g/mol. The highest BCUT2D eigenvalue weighted by Gasteiger charge is 2.15. The molecule has 1 unspecified atom stereocenters. The molecule has 0 aliphatic rings. The number of rotatable bonds is 5. The summed E-state index contributed by atoms with van der Waals surface area (Å²) in [5.74, 6) is 5.32. The first-order chi connectivity index (χ1) is 9.13. The van der Waals surface area contributed by atoms with E-state index in [2.05, 4.69) is 10.5 Å². The monoisotopic (exact) mass is 262 g/mol. The lowest BCUT2D eigenvalue weighted by atomic mass is 9.99. The van der Waals surface area contributed by atoms with Gasteiger partial charge in [0.2, 0.25) is 0 Å². The summed E-state index contributed by atoms with van der Waals surface area (Å²) in [7, 11) is 0. The number of aromatic nitrogens is 2. The van der Waals surface area contributed by atoms with E-state index in [9.17, 15) is 4.39 Å². The summed E-state index contributed by atoms with van der Waals surface area (Å²) < 4.78 is 15.8. The summed E-state index contributed by atoms with van der Waals surface area (Å²) in [5, 5.41) is 4.21. The molecule has 102 valence electrons. The molecule has 2 rings (SSSR count). The van der Waals surface area contributed by atoms with Crippen LogP contribution in [0.5, 0.6) is 0 Å². The van der Waals surface area contributed by atoms with Crippen LogP contribution < -0.4 is 11.3 Å². The Hall–Kier alpha value is -1.72. The number of hydrazine groups is 1. The van der Waals surface area contributed by atoms with E-state index in [0.717, 1.165) is 17.7 Å². The van der Waals surface area contributed by atoms with Crippen LogP contribution >= 0.6 is 0 Å². The van der Waals surface area contributed by atoms with Gasteiger partial charge in [-0.2, -0.15) is 5.10 Å². The van der Waals surface area contributed by atoms with Gasteiger partial charge in [-0.25, -0.2) is 4.39 Å². The van der Waals surface area contributed by atoms with Crippen molar-refractivity contribution in [3.63, 3.8) is 0 Å². The van der Waals surface area contributed by atoms with E-state index in [0.29, 0.717) is 12.0 Å². The molecule has 0 fully saturated rings. The van der Waals surface area contributed by atoms with Gasteiger partial charge < -0.3 is 0 Å². The van der Waals surface area contributed by atoms with Crippen LogP contribution in [-0.2, 0) is 13.0 Å². The minimum absolute atomic E-state index is 0.231. The number of aryl methyl sites for hydroxylation is 2. The van der Waals surface area contributed by atoms with E-state index in [-0.39, 0.29) is 11.9 Å². The zero-order valence-electron chi connectivity index (χ0n) is 11.2. The molecule has 4 nitrogen and oxygen atoms in total. The van der Waals surface area contributed by atoms with Gasteiger partial charge >= 0.3 is 0 Å². The zero-order valence-corrected chi connectivity index (χ0v) is 11.2. The topological polar surface area (TPSA) is 55.9 Å². The summed E-state index contributed by atoms with van der Waals surface area (Å²) in [4.78, 5) is 0. The Bertz CT molecular complexity index is 550. The third kappa shape index (κ3) is 3.19. The zero-order chi connectivity index (χ0) is 13.8. The van der Waals surface area contributed by atoms with Gasteiger partial charge in [-0.3, -0.25) is 16.0 Å². The standard InChI is InChI=1S/C14H19FN4/c1-3-19-9-11(8-17-19)7-14(18-16)12-5-4-10(2)6-13(12)15/h4-6,8-9,14,18H,3,7,16H2,1-2H3. The number of hydrogen-bond acceptors (Lipinski definition) is 3. The second kappa shape index (κ2) is 5.95. The Balaban J connectivity index is 2.19. The first kappa shape index (κ1) is 13.7. The van der Waals surface area contributed by atoms with Gasteiger partial charge in [-0.1, -0.05) is 12.1 Å². The molecule has 0 aliphatic carbocycles. The maximum absolute atomic E-state index is 13.9. The van der Waals surface area contributed by atoms with Crippen molar-refractivity contribution in [3.05, 3.63) is 53.1 Å². The van der Waals surface area contributed by atoms with E-state index in [1.54, 1.807) is 12.3 Å². The molecule has 0 aliphatic heterocycles. The van der Waals surface area contributed by atoms with Gasteiger partial charge in [-0.05, 0) is 37.5 Å². The molecule has 0 saturated heterocycles. The SMILES string of the molecule is CCn1cc(CC(NN)c2ccc(C)cc2F)cn1. The normalized spacial score (nSPS) is 12.6. The molecule has 5 heteroatoms. The van der Waals surface area contributed by atoms with Crippen LogP contribution in [0.2, 0.25) is 0 Å². The Morgan fingerprint density at radius 3 is 2.84 bits per heavy atom. The van der Waals surface area contributed by atoms with Crippen LogP contribution in [0.4, 0.5) is 4.39 Å². The summed E-state index contributed by atoms with van der Waals surface area (Å²) in [6.07, 6.45) is 4.35. The average Bonchev–Trinajstić information content (AvgIpc) is 2.84. The first-order valence-electron chi connectivity index (χ1n) is 6.37. The highest BCUT2D eigenvalue weighted by molar-refractivity contribution is 5.27. The van der Waals surface area contributed by atoms with E-state index in [4.69, 9.17) is 5.84 Å². The van der Waals surface area contributed by atoms with Crippen molar-refractivity contribution in [1.29, 1.82) is 0 Å². The van der Waals surface area contributed by atoms with Gasteiger partial charge in [0.1, 0.15) is 5.82 Å². The molecule has 0 bridgehead atoms.